The highest BCUT2D eigenvalue weighted by Gasteiger charge is 2.44. The van der Waals surface area contributed by atoms with E-state index < -0.39 is 18.4 Å². The molecule has 5 nitrogen and oxygen atoms in total. The minimum atomic E-state index is -4.53. The van der Waals surface area contributed by atoms with E-state index in [-0.39, 0.29) is 5.41 Å². The summed E-state index contributed by atoms with van der Waals surface area (Å²) in [7, 11) is 0. The fourth-order valence-corrected chi connectivity index (χ4v) is 5.50. The molecule has 184 valence electrons. The van der Waals surface area contributed by atoms with Crippen LogP contribution in [-0.2, 0) is 11.3 Å². The molecule has 1 aromatic carbocycles. The molecule has 0 radical (unpaired) electrons. The van der Waals surface area contributed by atoms with E-state index >= 15 is 0 Å². The van der Waals surface area contributed by atoms with Gasteiger partial charge in [0.15, 0.2) is 6.10 Å². The quantitative estimate of drug-likeness (QED) is 0.597. The van der Waals surface area contributed by atoms with Gasteiger partial charge >= 0.3 is 12.3 Å². The molecule has 1 atom stereocenters. The molecule has 0 N–H and O–H groups in total. The Hall–Kier alpha value is -1.96. The second kappa shape index (κ2) is 9.72. The Labute approximate surface area is 194 Å². The first-order valence-corrected chi connectivity index (χ1v) is 12.2. The van der Waals surface area contributed by atoms with Crippen LogP contribution in [-0.4, -0.2) is 67.4 Å². The molecule has 4 rings (SSSR count). The number of rotatable bonds is 4. The smallest absolute Gasteiger partial charge is 0.425 e. The number of amides is 1. The van der Waals surface area contributed by atoms with Crippen LogP contribution in [0.3, 0.4) is 0 Å². The number of hydrogen-bond donors (Lipinski definition) is 0. The summed E-state index contributed by atoms with van der Waals surface area (Å²) in [5.74, 6) is 0. The Kier molecular flexibility index (Phi) is 7.12. The van der Waals surface area contributed by atoms with Gasteiger partial charge in [-0.2, -0.15) is 13.2 Å². The number of aryl methyl sites for hydroxylation is 1. The van der Waals surface area contributed by atoms with Gasteiger partial charge in [-0.1, -0.05) is 12.1 Å². The van der Waals surface area contributed by atoms with Crippen molar-refractivity contribution < 1.29 is 22.7 Å². The average molecular weight is 468 g/mol. The van der Waals surface area contributed by atoms with Gasteiger partial charge < -0.3 is 14.5 Å². The van der Waals surface area contributed by atoms with E-state index in [9.17, 15) is 18.0 Å². The van der Waals surface area contributed by atoms with Gasteiger partial charge in [-0.3, -0.25) is 4.90 Å². The molecule has 1 spiro atoms. The SMILES string of the molecule is Cc1ccc(CN2CCC3(CCN(C(=O)OC(C)C(F)(F)F)CC3)C2)c(N2CCCCC2)c1. The van der Waals surface area contributed by atoms with Gasteiger partial charge in [-0.15, -0.1) is 0 Å². The summed E-state index contributed by atoms with van der Waals surface area (Å²) < 4.78 is 42.7. The lowest BCUT2D eigenvalue weighted by Crippen LogP contribution is -2.46. The van der Waals surface area contributed by atoms with Gasteiger partial charge in [0.1, 0.15) is 0 Å². The summed E-state index contributed by atoms with van der Waals surface area (Å²) in [6.45, 7) is 9.10. The molecule has 1 aromatic rings. The lowest BCUT2D eigenvalue weighted by molar-refractivity contribution is -0.200. The normalized spacial score (nSPS) is 22.6. The molecule has 0 bridgehead atoms. The second-order valence-electron chi connectivity index (χ2n) is 10.2. The van der Waals surface area contributed by atoms with Crippen LogP contribution in [0.2, 0.25) is 0 Å². The molecular formula is C25H36F3N3O2. The third-order valence-corrected chi connectivity index (χ3v) is 7.67. The Morgan fingerprint density at radius 2 is 1.73 bits per heavy atom. The molecule has 1 amide bonds. The van der Waals surface area contributed by atoms with Crippen LogP contribution in [0.5, 0.6) is 0 Å². The summed E-state index contributed by atoms with van der Waals surface area (Å²) in [5, 5.41) is 0. The number of benzene rings is 1. The molecular weight excluding hydrogens is 431 g/mol. The van der Waals surface area contributed by atoms with Crippen LogP contribution < -0.4 is 4.90 Å². The summed E-state index contributed by atoms with van der Waals surface area (Å²) in [6.07, 6.45) is -0.950. The predicted molar refractivity (Wildman–Crippen MR) is 122 cm³/mol. The number of nitrogens with zero attached hydrogens (tertiary/aromatic N) is 3. The van der Waals surface area contributed by atoms with E-state index in [0.29, 0.717) is 13.1 Å². The van der Waals surface area contributed by atoms with E-state index in [4.69, 9.17) is 0 Å². The van der Waals surface area contributed by atoms with E-state index in [0.717, 1.165) is 58.9 Å². The number of anilines is 1. The van der Waals surface area contributed by atoms with Crippen molar-refractivity contribution in [1.82, 2.24) is 9.80 Å². The third kappa shape index (κ3) is 5.76. The van der Waals surface area contributed by atoms with E-state index in [2.05, 4.69) is 39.7 Å². The minimum absolute atomic E-state index is 0.141. The monoisotopic (exact) mass is 467 g/mol. The highest BCUT2D eigenvalue weighted by atomic mass is 19.4. The molecule has 3 saturated heterocycles. The number of likely N-dealkylation sites (tertiary alicyclic amines) is 2. The Morgan fingerprint density at radius 3 is 2.39 bits per heavy atom. The number of carbonyl (C=O) groups excluding carboxylic acids is 1. The Balaban J connectivity index is 1.33. The van der Waals surface area contributed by atoms with Crippen molar-refractivity contribution in [2.45, 2.75) is 71.2 Å². The van der Waals surface area contributed by atoms with Crippen molar-refractivity contribution in [2.75, 3.05) is 44.2 Å². The van der Waals surface area contributed by atoms with Gasteiger partial charge in [-0.05, 0) is 81.5 Å². The van der Waals surface area contributed by atoms with Crippen molar-refractivity contribution in [2.24, 2.45) is 5.41 Å². The van der Waals surface area contributed by atoms with Crippen LogP contribution in [0.25, 0.3) is 0 Å². The highest BCUT2D eigenvalue weighted by Crippen LogP contribution is 2.41. The average Bonchev–Trinajstić information content (AvgIpc) is 3.17. The molecule has 0 saturated carbocycles. The summed E-state index contributed by atoms with van der Waals surface area (Å²) >= 11 is 0. The van der Waals surface area contributed by atoms with Crippen molar-refractivity contribution >= 4 is 11.8 Å². The van der Waals surface area contributed by atoms with E-state index in [1.165, 1.54) is 41.0 Å². The zero-order valence-electron chi connectivity index (χ0n) is 19.8. The van der Waals surface area contributed by atoms with Crippen LogP contribution in [0.15, 0.2) is 18.2 Å². The van der Waals surface area contributed by atoms with Crippen LogP contribution in [0.1, 0.15) is 56.6 Å². The van der Waals surface area contributed by atoms with Crippen molar-refractivity contribution in [3.05, 3.63) is 29.3 Å². The van der Waals surface area contributed by atoms with Gasteiger partial charge in [0.2, 0.25) is 0 Å². The van der Waals surface area contributed by atoms with Crippen molar-refractivity contribution in [1.29, 1.82) is 0 Å². The van der Waals surface area contributed by atoms with E-state index in [1.54, 1.807) is 0 Å². The highest BCUT2D eigenvalue weighted by molar-refractivity contribution is 5.68. The number of piperidine rings is 2. The first-order valence-electron chi connectivity index (χ1n) is 12.2. The molecule has 33 heavy (non-hydrogen) atoms. The number of halogens is 3. The van der Waals surface area contributed by atoms with Gasteiger partial charge in [0.05, 0.1) is 0 Å². The maximum atomic E-state index is 12.7. The summed E-state index contributed by atoms with van der Waals surface area (Å²) in [5.41, 5.74) is 4.17. The van der Waals surface area contributed by atoms with Crippen LogP contribution in [0.4, 0.5) is 23.7 Å². The number of alkyl halides is 3. The standard InChI is InChI=1S/C25H36F3N3O2/c1-19-6-7-21(22(16-19)30-11-4-3-5-12-30)17-29-13-8-24(18-29)9-14-31(15-10-24)23(32)33-20(2)25(26,27)28/h6-7,16,20H,3-5,8-15,17-18H2,1-2H3. The third-order valence-electron chi connectivity index (χ3n) is 7.67. The maximum Gasteiger partial charge on any atom is 0.425 e. The molecule has 0 aromatic heterocycles. The zero-order chi connectivity index (χ0) is 23.6. The fourth-order valence-electron chi connectivity index (χ4n) is 5.50. The first kappa shape index (κ1) is 24.2. The number of carbonyl (C=O) groups is 1. The predicted octanol–water partition coefficient (Wildman–Crippen LogP) is 5.36. The van der Waals surface area contributed by atoms with Crippen LogP contribution in [0, 0.1) is 12.3 Å². The van der Waals surface area contributed by atoms with Crippen molar-refractivity contribution in [3.8, 4) is 0 Å². The van der Waals surface area contributed by atoms with Gasteiger partial charge in [-0.25, -0.2) is 4.79 Å². The first-order chi connectivity index (χ1) is 15.7. The van der Waals surface area contributed by atoms with Gasteiger partial charge in [0, 0.05) is 45.0 Å². The minimum Gasteiger partial charge on any atom is -0.437 e. The summed E-state index contributed by atoms with van der Waals surface area (Å²) in [6, 6.07) is 6.78. The topological polar surface area (TPSA) is 36.0 Å². The molecule has 3 aliphatic rings. The van der Waals surface area contributed by atoms with Gasteiger partial charge in [0.25, 0.3) is 0 Å². The molecule has 3 aliphatic heterocycles. The summed E-state index contributed by atoms with van der Waals surface area (Å²) in [4.78, 5) is 18.6. The molecule has 3 fully saturated rings. The zero-order valence-corrected chi connectivity index (χ0v) is 19.8. The Bertz CT molecular complexity index is 831. The maximum absolute atomic E-state index is 12.7. The fraction of sp³-hybridized carbons (Fsp3) is 0.720. The largest absolute Gasteiger partial charge is 0.437 e. The second-order valence-corrected chi connectivity index (χ2v) is 10.2. The molecule has 8 heteroatoms. The van der Waals surface area contributed by atoms with Crippen molar-refractivity contribution in [3.63, 3.8) is 0 Å². The molecule has 1 unspecified atom stereocenters. The lowest BCUT2D eigenvalue weighted by Gasteiger charge is -2.39. The number of ether oxygens (including phenoxy) is 1. The molecule has 3 heterocycles. The number of hydrogen-bond acceptors (Lipinski definition) is 4. The lowest BCUT2D eigenvalue weighted by atomic mass is 9.78. The molecule has 0 aliphatic carbocycles. The van der Waals surface area contributed by atoms with E-state index in [1.807, 2.05) is 0 Å². The van der Waals surface area contributed by atoms with Crippen LogP contribution >= 0.6 is 0 Å². The Morgan fingerprint density at radius 1 is 1.06 bits per heavy atom.